The number of unbranched alkanes of at least 4 members (excludes halogenated alkanes) is 1. The molecule has 292 valence electrons. The highest BCUT2D eigenvalue weighted by atomic mass is 17.0. The number of tetrazole rings is 1. The van der Waals surface area contributed by atoms with E-state index in [-0.39, 0.29) is 62.6 Å². The van der Waals surface area contributed by atoms with Gasteiger partial charge >= 0.3 is 12.1 Å². The number of nitrogens with zero attached hydrogens (tertiary/aromatic N) is 7. The van der Waals surface area contributed by atoms with Crippen LogP contribution in [0.1, 0.15) is 57.6 Å². The van der Waals surface area contributed by atoms with E-state index in [0.717, 1.165) is 27.9 Å². The Labute approximate surface area is 315 Å². The molecule has 1 heterocycles. The van der Waals surface area contributed by atoms with Gasteiger partial charge in [0.25, 0.3) is 10.2 Å². The van der Waals surface area contributed by atoms with Crippen molar-refractivity contribution in [1.82, 2.24) is 25.1 Å². The van der Waals surface area contributed by atoms with Crippen molar-refractivity contribution in [3.05, 3.63) is 104 Å². The van der Waals surface area contributed by atoms with E-state index in [9.17, 15) is 34.6 Å². The van der Waals surface area contributed by atoms with Crippen molar-refractivity contribution in [2.24, 2.45) is 5.92 Å². The van der Waals surface area contributed by atoms with Crippen LogP contribution in [-0.2, 0) is 48.6 Å². The number of carbonyl (C=O) groups excluding carboxylic acids is 3. The van der Waals surface area contributed by atoms with Gasteiger partial charge in [0.05, 0.1) is 13.2 Å². The molecular weight excluding hydrogens is 722 g/mol. The van der Waals surface area contributed by atoms with E-state index >= 15 is 0 Å². The molecule has 3 aromatic carbocycles. The van der Waals surface area contributed by atoms with Crippen LogP contribution in [0.5, 0.6) is 5.75 Å². The minimum absolute atomic E-state index is 0.0918. The highest BCUT2D eigenvalue weighted by Crippen LogP contribution is 2.30. The van der Waals surface area contributed by atoms with E-state index in [4.69, 9.17) is 14.2 Å². The molecule has 1 atom stereocenters. The lowest BCUT2D eigenvalue weighted by Crippen LogP contribution is -2.48. The molecule has 55 heavy (non-hydrogen) atoms. The summed E-state index contributed by atoms with van der Waals surface area (Å²) in [7, 11) is 0. The number of amides is 1. The molecule has 1 aromatic heterocycles. The zero-order chi connectivity index (χ0) is 39.7. The number of esters is 1. The summed E-state index contributed by atoms with van der Waals surface area (Å²) in [5.41, 5.74) is 3.40. The predicted octanol–water partition coefficient (Wildman–Crippen LogP) is 5.57. The van der Waals surface area contributed by atoms with E-state index in [1.54, 1.807) is 6.07 Å². The molecule has 0 aliphatic carbocycles. The smallest absolute Gasteiger partial charge is 0.464 e. The van der Waals surface area contributed by atoms with E-state index in [1.165, 1.54) is 23.1 Å². The van der Waals surface area contributed by atoms with Crippen LogP contribution in [0.25, 0.3) is 22.5 Å². The second-order valence-electron chi connectivity index (χ2n) is 12.4. The van der Waals surface area contributed by atoms with Crippen molar-refractivity contribution in [3.8, 4) is 28.3 Å². The Hall–Kier alpha value is -6.66. The van der Waals surface area contributed by atoms with E-state index in [2.05, 4.69) is 25.1 Å². The summed E-state index contributed by atoms with van der Waals surface area (Å²) in [5, 5.41) is 31.5. The third kappa shape index (κ3) is 12.8. The van der Waals surface area contributed by atoms with Crippen LogP contribution >= 0.6 is 0 Å². The normalized spacial score (nSPS) is 11.3. The van der Waals surface area contributed by atoms with Crippen LogP contribution in [0.15, 0.2) is 72.8 Å². The van der Waals surface area contributed by atoms with E-state index < -0.39 is 35.1 Å². The Morgan fingerprint density at radius 2 is 1.58 bits per heavy atom. The van der Waals surface area contributed by atoms with Gasteiger partial charge in [-0.05, 0) is 51.9 Å². The molecule has 19 heteroatoms. The fourth-order valence-corrected chi connectivity index (χ4v) is 5.41. The molecule has 0 radical (unpaired) electrons. The van der Waals surface area contributed by atoms with Gasteiger partial charge in [0, 0.05) is 24.9 Å². The van der Waals surface area contributed by atoms with Crippen molar-refractivity contribution in [1.29, 1.82) is 0 Å². The Kier molecular flexibility index (Phi) is 15.4. The van der Waals surface area contributed by atoms with Gasteiger partial charge in [0.15, 0.2) is 0 Å². The van der Waals surface area contributed by atoms with Crippen molar-refractivity contribution in [2.45, 2.75) is 72.4 Å². The predicted molar refractivity (Wildman–Crippen MR) is 191 cm³/mol. The maximum Gasteiger partial charge on any atom is 0.515 e. The van der Waals surface area contributed by atoms with Gasteiger partial charge in [0.2, 0.25) is 18.5 Å². The molecule has 0 spiro atoms. The lowest BCUT2D eigenvalue weighted by Gasteiger charge is -2.33. The van der Waals surface area contributed by atoms with Crippen LogP contribution in [0.4, 0.5) is 4.79 Å². The van der Waals surface area contributed by atoms with Crippen molar-refractivity contribution >= 4 is 18.0 Å². The molecule has 0 aliphatic heterocycles. The lowest BCUT2D eigenvalue weighted by atomic mass is 9.97. The summed E-state index contributed by atoms with van der Waals surface area (Å²) in [6.45, 7) is 4.73. The quantitative estimate of drug-likeness (QED) is 0.0332. The van der Waals surface area contributed by atoms with Gasteiger partial charge in [-0.25, -0.2) is 9.59 Å². The number of aromatic nitrogens is 4. The third-order valence-corrected chi connectivity index (χ3v) is 7.98. The zero-order valence-corrected chi connectivity index (χ0v) is 30.5. The summed E-state index contributed by atoms with van der Waals surface area (Å²) in [6, 6.07) is 19.9. The number of carbonyl (C=O) groups is 3. The summed E-state index contributed by atoms with van der Waals surface area (Å²) in [4.78, 5) is 71.1. The molecule has 4 rings (SSSR count). The fourth-order valence-electron chi connectivity index (χ4n) is 5.41. The molecule has 1 unspecified atom stereocenters. The molecule has 0 saturated carbocycles. The average molecular weight is 764 g/mol. The third-order valence-electron chi connectivity index (χ3n) is 7.98. The van der Waals surface area contributed by atoms with Crippen LogP contribution in [0, 0.1) is 26.1 Å². The SMILES string of the molecule is CCCCC(=O)N(Cc1ccc(-c2ccccc2-c2nnn(COC(=O)Oc3cccc(CO[N+](=O)[O-])c3)n2)cc1)C(C(=O)OCCCO[N+](=O)[O-])C(C)C. The molecule has 4 aromatic rings. The van der Waals surface area contributed by atoms with Gasteiger partial charge in [0.1, 0.15) is 18.4 Å². The Bertz CT molecular complexity index is 1920. The lowest BCUT2D eigenvalue weighted by molar-refractivity contribution is -0.763. The van der Waals surface area contributed by atoms with Gasteiger partial charge in [-0.3, -0.25) is 4.79 Å². The summed E-state index contributed by atoms with van der Waals surface area (Å²) >= 11 is 0. The Balaban J connectivity index is 1.43. The van der Waals surface area contributed by atoms with Crippen molar-refractivity contribution < 1.29 is 48.4 Å². The van der Waals surface area contributed by atoms with Crippen molar-refractivity contribution in [2.75, 3.05) is 13.2 Å². The van der Waals surface area contributed by atoms with Gasteiger partial charge < -0.3 is 28.8 Å². The first-order valence-electron chi connectivity index (χ1n) is 17.4. The minimum Gasteiger partial charge on any atom is -0.464 e. The van der Waals surface area contributed by atoms with Crippen LogP contribution in [-0.4, -0.2) is 72.6 Å². The first kappa shape index (κ1) is 41.1. The van der Waals surface area contributed by atoms with Crippen LogP contribution < -0.4 is 4.74 Å². The molecule has 19 nitrogen and oxygen atoms in total. The number of hydrogen-bond acceptors (Lipinski definition) is 15. The fraction of sp³-hybridized carbons (Fsp3) is 0.389. The largest absolute Gasteiger partial charge is 0.515 e. The van der Waals surface area contributed by atoms with Gasteiger partial charge in [-0.1, -0.05) is 87.9 Å². The molecule has 0 bridgehead atoms. The summed E-state index contributed by atoms with van der Waals surface area (Å²) < 4.78 is 15.7. The minimum atomic E-state index is -1.06. The molecule has 1 amide bonds. The first-order valence-corrected chi connectivity index (χ1v) is 17.4. The molecule has 0 saturated heterocycles. The number of rotatable bonds is 21. The molecule has 0 aliphatic rings. The van der Waals surface area contributed by atoms with E-state index in [1.807, 2.05) is 69.3 Å². The number of benzene rings is 3. The highest BCUT2D eigenvalue weighted by molar-refractivity contribution is 5.85. The Morgan fingerprint density at radius 1 is 0.855 bits per heavy atom. The summed E-state index contributed by atoms with van der Waals surface area (Å²) in [5.74, 6) is -0.717. The van der Waals surface area contributed by atoms with E-state index in [0.29, 0.717) is 17.5 Å². The van der Waals surface area contributed by atoms with Crippen molar-refractivity contribution in [3.63, 3.8) is 0 Å². The van der Waals surface area contributed by atoms with Gasteiger partial charge in [-0.2, -0.15) is 0 Å². The molecular formula is C36H41N7O12. The summed E-state index contributed by atoms with van der Waals surface area (Å²) in [6.07, 6.45) is 0.771. The monoisotopic (exact) mass is 763 g/mol. The average Bonchev–Trinajstić information content (AvgIpc) is 3.64. The standard InChI is InChI=1S/C36H41N7O12/c1-4-5-14-32(44)40(33(25(2)3)35(45)51-19-9-20-53-42(47)48)22-26-15-17-28(18-16-26)30-12-6-7-13-31(30)34-37-39-41(38-34)24-52-36(46)55-29-11-8-10-27(21-29)23-54-43(49)50/h6-8,10-13,15-18,21,25,33H,4-5,9,14,19-20,22-24H2,1-3H3. The molecule has 0 fully saturated rings. The highest BCUT2D eigenvalue weighted by Gasteiger charge is 2.33. The zero-order valence-electron chi connectivity index (χ0n) is 30.5. The topological polar surface area (TPSA) is 230 Å². The second-order valence-corrected chi connectivity index (χ2v) is 12.4. The maximum atomic E-state index is 13.5. The van der Waals surface area contributed by atoms with Gasteiger partial charge in [-0.15, -0.1) is 35.2 Å². The Morgan fingerprint density at radius 3 is 2.27 bits per heavy atom. The maximum absolute atomic E-state index is 13.5. The van der Waals surface area contributed by atoms with Crippen LogP contribution in [0.2, 0.25) is 0 Å². The number of hydrogen-bond donors (Lipinski definition) is 0. The molecule has 0 N–H and O–H groups in total. The van der Waals surface area contributed by atoms with Crippen LogP contribution in [0.3, 0.4) is 0 Å². The number of ether oxygens (including phenoxy) is 3. The first-order chi connectivity index (χ1) is 26.4. The second kappa shape index (κ2) is 20.5.